The highest BCUT2D eigenvalue weighted by atomic mass is 32.1. The van der Waals surface area contributed by atoms with Crippen molar-refractivity contribution in [3.63, 3.8) is 0 Å². The highest BCUT2D eigenvalue weighted by molar-refractivity contribution is 7.80. The third kappa shape index (κ3) is 9.04. The van der Waals surface area contributed by atoms with Crippen molar-refractivity contribution >= 4 is 18.5 Å². The summed E-state index contributed by atoms with van der Waals surface area (Å²) >= 11 is 5.07. The number of unbranched alkanes of at least 4 members (excludes halogenated alkanes) is 9. The van der Waals surface area contributed by atoms with E-state index in [0.29, 0.717) is 10.5 Å². The van der Waals surface area contributed by atoms with Crippen molar-refractivity contribution in [1.82, 2.24) is 5.32 Å². The standard InChI is InChI=1S/C19H30NOS/c1-2-3-4-5-6-7-8-9-10-11-15-20-19(21)17-13-12-14-18(22)16-17/h12-14,16H,2-11,15H2,1H3,(H,20,21). The molecule has 1 amide bonds. The molecule has 0 aliphatic rings. The van der Waals surface area contributed by atoms with Gasteiger partial charge in [0.2, 0.25) is 0 Å². The SMILES string of the molecule is CCCCCCCCCCCCNC(=O)c1cccc([S])c1. The number of carbonyl (C=O) groups excluding carboxylic acids is 1. The van der Waals surface area contributed by atoms with Crippen molar-refractivity contribution in [2.24, 2.45) is 0 Å². The Morgan fingerprint density at radius 2 is 1.55 bits per heavy atom. The van der Waals surface area contributed by atoms with Gasteiger partial charge in [0.1, 0.15) is 0 Å². The average molecular weight is 321 g/mol. The first-order valence-corrected chi connectivity index (χ1v) is 9.20. The second kappa shape index (κ2) is 12.5. The molecule has 2 nitrogen and oxygen atoms in total. The minimum Gasteiger partial charge on any atom is -0.352 e. The molecule has 3 heteroatoms. The van der Waals surface area contributed by atoms with E-state index in [1.165, 1.54) is 57.8 Å². The second-order valence-electron chi connectivity index (χ2n) is 5.97. The van der Waals surface area contributed by atoms with E-state index in [4.69, 9.17) is 12.6 Å². The normalized spacial score (nSPS) is 10.6. The minimum absolute atomic E-state index is 0.0115. The van der Waals surface area contributed by atoms with Gasteiger partial charge < -0.3 is 5.32 Å². The summed E-state index contributed by atoms with van der Waals surface area (Å²) < 4.78 is 0. The molecule has 123 valence electrons. The molecule has 0 bridgehead atoms. The summed E-state index contributed by atoms with van der Waals surface area (Å²) in [5, 5.41) is 2.97. The molecule has 0 unspecified atom stereocenters. The molecule has 0 fully saturated rings. The summed E-state index contributed by atoms with van der Waals surface area (Å²) in [4.78, 5) is 12.6. The van der Waals surface area contributed by atoms with Crippen molar-refractivity contribution in [1.29, 1.82) is 0 Å². The van der Waals surface area contributed by atoms with Crippen LogP contribution in [0.1, 0.15) is 81.5 Å². The van der Waals surface area contributed by atoms with Crippen molar-refractivity contribution in [2.45, 2.75) is 76.0 Å². The van der Waals surface area contributed by atoms with Gasteiger partial charge in [-0.1, -0.05) is 83.4 Å². The molecule has 0 aliphatic carbocycles. The Labute approximate surface area is 141 Å². The molecule has 0 spiro atoms. The predicted octanol–water partition coefficient (Wildman–Crippen LogP) is 5.89. The Kier molecular flexibility index (Phi) is 10.7. The number of rotatable bonds is 12. The number of hydrogen-bond acceptors (Lipinski definition) is 1. The van der Waals surface area contributed by atoms with Crippen LogP contribution in [-0.2, 0) is 0 Å². The quantitative estimate of drug-likeness (QED) is 0.478. The summed E-state index contributed by atoms with van der Waals surface area (Å²) in [6.07, 6.45) is 13.1. The average Bonchev–Trinajstić information content (AvgIpc) is 2.52. The monoisotopic (exact) mass is 320 g/mol. The molecule has 0 aromatic heterocycles. The zero-order valence-corrected chi connectivity index (χ0v) is 14.7. The van der Waals surface area contributed by atoms with E-state index in [1.807, 2.05) is 18.2 Å². The lowest BCUT2D eigenvalue weighted by Gasteiger charge is -2.06. The second-order valence-corrected chi connectivity index (χ2v) is 6.44. The first-order valence-electron chi connectivity index (χ1n) is 8.79. The molecule has 1 radical (unpaired) electrons. The van der Waals surface area contributed by atoms with Crippen molar-refractivity contribution < 1.29 is 4.79 Å². The molecule has 1 N–H and O–H groups in total. The summed E-state index contributed by atoms with van der Waals surface area (Å²) in [5.74, 6) is -0.0115. The van der Waals surface area contributed by atoms with Crippen LogP contribution >= 0.6 is 12.6 Å². The topological polar surface area (TPSA) is 29.1 Å². The lowest BCUT2D eigenvalue weighted by atomic mass is 10.1. The van der Waals surface area contributed by atoms with E-state index in [2.05, 4.69) is 12.2 Å². The first kappa shape index (κ1) is 19.0. The maximum absolute atomic E-state index is 11.9. The van der Waals surface area contributed by atoms with Crippen LogP contribution in [0.5, 0.6) is 0 Å². The highest BCUT2D eigenvalue weighted by Gasteiger charge is 2.04. The number of nitrogens with one attached hydrogen (secondary N) is 1. The van der Waals surface area contributed by atoms with Crippen LogP contribution in [0.3, 0.4) is 0 Å². The van der Waals surface area contributed by atoms with E-state index in [-0.39, 0.29) is 5.91 Å². The third-order valence-corrected chi connectivity index (χ3v) is 4.17. The molecule has 1 aromatic rings. The van der Waals surface area contributed by atoms with E-state index in [1.54, 1.807) is 6.07 Å². The summed E-state index contributed by atoms with van der Waals surface area (Å²) in [6, 6.07) is 7.22. The van der Waals surface area contributed by atoms with Gasteiger partial charge in [0.05, 0.1) is 0 Å². The molecule has 0 atom stereocenters. The summed E-state index contributed by atoms with van der Waals surface area (Å²) in [6.45, 7) is 3.02. The van der Waals surface area contributed by atoms with E-state index < -0.39 is 0 Å². The van der Waals surface area contributed by atoms with Gasteiger partial charge >= 0.3 is 0 Å². The molecule has 1 rings (SSSR count). The fourth-order valence-corrected chi connectivity index (χ4v) is 2.76. The zero-order valence-electron chi connectivity index (χ0n) is 13.9. The third-order valence-electron chi connectivity index (χ3n) is 3.91. The maximum atomic E-state index is 11.9. The number of carbonyl (C=O) groups is 1. The van der Waals surface area contributed by atoms with Crippen molar-refractivity contribution in [3.05, 3.63) is 29.8 Å². The molecule has 0 saturated heterocycles. The Morgan fingerprint density at radius 1 is 0.955 bits per heavy atom. The van der Waals surface area contributed by atoms with Gasteiger partial charge in [-0.2, -0.15) is 0 Å². The highest BCUT2D eigenvalue weighted by Crippen LogP contribution is 2.11. The van der Waals surface area contributed by atoms with Crippen LogP contribution < -0.4 is 5.32 Å². The van der Waals surface area contributed by atoms with Crippen LogP contribution in [0.25, 0.3) is 0 Å². The predicted molar refractivity (Wildman–Crippen MR) is 96.5 cm³/mol. The van der Waals surface area contributed by atoms with E-state index in [0.717, 1.165) is 13.0 Å². The lowest BCUT2D eigenvalue weighted by Crippen LogP contribution is -2.24. The van der Waals surface area contributed by atoms with Gasteiger partial charge in [-0.3, -0.25) is 4.79 Å². The molecule has 22 heavy (non-hydrogen) atoms. The smallest absolute Gasteiger partial charge is 0.251 e. The van der Waals surface area contributed by atoms with Crippen LogP contribution in [0.15, 0.2) is 29.2 Å². The molecule has 0 saturated carbocycles. The summed E-state index contributed by atoms with van der Waals surface area (Å²) in [5.41, 5.74) is 0.666. The van der Waals surface area contributed by atoms with Gasteiger partial charge in [-0.05, 0) is 24.6 Å². The van der Waals surface area contributed by atoms with Crippen LogP contribution in [0, 0.1) is 0 Å². The van der Waals surface area contributed by atoms with Gasteiger partial charge in [0.25, 0.3) is 5.91 Å². The summed E-state index contributed by atoms with van der Waals surface area (Å²) in [7, 11) is 0. The largest absolute Gasteiger partial charge is 0.352 e. The van der Waals surface area contributed by atoms with Crippen LogP contribution in [-0.4, -0.2) is 12.5 Å². The van der Waals surface area contributed by atoms with Crippen molar-refractivity contribution in [2.75, 3.05) is 6.54 Å². The zero-order chi connectivity index (χ0) is 16.0. The number of amides is 1. The van der Waals surface area contributed by atoms with Gasteiger partial charge in [-0.15, -0.1) is 0 Å². The first-order chi connectivity index (χ1) is 10.7. The maximum Gasteiger partial charge on any atom is 0.251 e. The Bertz CT molecular complexity index is 420. The molecule has 1 aromatic carbocycles. The molecule has 0 aliphatic heterocycles. The number of benzene rings is 1. The van der Waals surface area contributed by atoms with Crippen LogP contribution in [0.2, 0.25) is 0 Å². The molecular formula is C19H30NOS. The van der Waals surface area contributed by atoms with E-state index >= 15 is 0 Å². The fraction of sp³-hybridized carbons (Fsp3) is 0.632. The van der Waals surface area contributed by atoms with Gasteiger partial charge in [0, 0.05) is 17.0 Å². The van der Waals surface area contributed by atoms with E-state index in [9.17, 15) is 4.79 Å². The van der Waals surface area contributed by atoms with Gasteiger partial charge in [0.15, 0.2) is 0 Å². The Hall–Kier alpha value is -1.09. The van der Waals surface area contributed by atoms with Crippen LogP contribution in [0.4, 0.5) is 0 Å². The minimum atomic E-state index is -0.0115. The van der Waals surface area contributed by atoms with Gasteiger partial charge in [-0.25, -0.2) is 0 Å². The Balaban J connectivity index is 1.94. The fourth-order valence-electron chi connectivity index (χ4n) is 2.55. The lowest BCUT2D eigenvalue weighted by molar-refractivity contribution is 0.0952. The molecule has 0 heterocycles. The number of hydrogen-bond donors (Lipinski definition) is 1. The molecular weight excluding hydrogens is 290 g/mol. The van der Waals surface area contributed by atoms with Crippen molar-refractivity contribution in [3.8, 4) is 0 Å². The Morgan fingerprint density at radius 3 is 2.14 bits per heavy atom.